The van der Waals surface area contributed by atoms with Crippen molar-refractivity contribution < 1.29 is 22.3 Å². The fourth-order valence-electron chi connectivity index (χ4n) is 3.14. The quantitative estimate of drug-likeness (QED) is 0.647. The maximum absolute atomic E-state index is 13.7. The van der Waals surface area contributed by atoms with Gasteiger partial charge < -0.3 is 4.74 Å². The molecule has 0 amide bonds. The molecular weight excluding hydrogens is 395 g/mol. The van der Waals surface area contributed by atoms with Crippen molar-refractivity contribution in [3.63, 3.8) is 0 Å². The van der Waals surface area contributed by atoms with Gasteiger partial charge in [-0.1, -0.05) is 12.1 Å². The summed E-state index contributed by atoms with van der Waals surface area (Å²) in [5.41, 5.74) is 1.25. The van der Waals surface area contributed by atoms with Crippen LogP contribution in [0, 0.1) is 17.1 Å². The Morgan fingerprint density at radius 2 is 1.83 bits per heavy atom. The lowest BCUT2D eigenvalue weighted by molar-refractivity contribution is -0.144. The van der Waals surface area contributed by atoms with E-state index in [0.717, 1.165) is 18.4 Å². The van der Waals surface area contributed by atoms with Crippen molar-refractivity contribution in [2.45, 2.75) is 37.2 Å². The number of hydrogen-bond donors (Lipinski definition) is 0. The molecular formula is C21H21FN2O4S. The molecule has 152 valence electrons. The van der Waals surface area contributed by atoms with Gasteiger partial charge >= 0.3 is 5.97 Å². The van der Waals surface area contributed by atoms with Crippen LogP contribution in [0.5, 0.6) is 0 Å². The minimum Gasteiger partial charge on any atom is -0.461 e. The van der Waals surface area contributed by atoms with Gasteiger partial charge in [-0.3, -0.25) is 4.79 Å². The molecule has 0 N–H and O–H groups in total. The van der Waals surface area contributed by atoms with E-state index in [9.17, 15) is 17.6 Å². The predicted octanol–water partition coefficient (Wildman–Crippen LogP) is 3.16. The molecule has 29 heavy (non-hydrogen) atoms. The number of rotatable bonds is 7. The summed E-state index contributed by atoms with van der Waals surface area (Å²) in [4.78, 5) is 12.2. The van der Waals surface area contributed by atoms with E-state index in [1.807, 2.05) is 6.07 Å². The molecule has 1 saturated heterocycles. The molecule has 0 atom stereocenters. The molecule has 0 aromatic heterocycles. The van der Waals surface area contributed by atoms with Gasteiger partial charge in [-0.2, -0.15) is 9.57 Å². The molecule has 0 unspecified atom stereocenters. The normalized spacial score (nSPS) is 14.5. The average molecular weight is 416 g/mol. The molecule has 2 aromatic carbocycles. The van der Waals surface area contributed by atoms with Gasteiger partial charge in [-0.15, -0.1) is 0 Å². The Morgan fingerprint density at radius 1 is 1.14 bits per heavy atom. The van der Waals surface area contributed by atoms with Crippen LogP contribution in [0.15, 0.2) is 47.4 Å². The lowest BCUT2D eigenvalue weighted by atomic mass is 10.1. The van der Waals surface area contributed by atoms with Crippen molar-refractivity contribution in [2.24, 2.45) is 0 Å². The Morgan fingerprint density at radius 3 is 2.48 bits per heavy atom. The highest BCUT2D eigenvalue weighted by atomic mass is 32.2. The van der Waals surface area contributed by atoms with Crippen molar-refractivity contribution in [3.8, 4) is 6.07 Å². The Bertz CT molecular complexity index is 1020. The number of esters is 1. The summed E-state index contributed by atoms with van der Waals surface area (Å²) in [5, 5.41) is 8.85. The molecule has 2 aromatic rings. The smallest absolute Gasteiger partial charge is 0.306 e. The van der Waals surface area contributed by atoms with E-state index in [2.05, 4.69) is 0 Å². The third kappa shape index (κ3) is 5.19. The molecule has 0 radical (unpaired) electrons. The van der Waals surface area contributed by atoms with Gasteiger partial charge in [0.25, 0.3) is 0 Å². The van der Waals surface area contributed by atoms with Gasteiger partial charge in [-0.05, 0) is 55.2 Å². The second kappa shape index (κ2) is 9.16. The van der Waals surface area contributed by atoms with Gasteiger partial charge in [0.05, 0.1) is 16.5 Å². The van der Waals surface area contributed by atoms with Crippen molar-refractivity contribution in [1.29, 1.82) is 5.26 Å². The van der Waals surface area contributed by atoms with Gasteiger partial charge in [-0.25, -0.2) is 12.8 Å². The first-order chi connectivity index (χ1) is 13.9. The van der Waals surface area contributed by atoms with Crippen molar-refractivity contribution in [2.75, 3.05) is 13.1 Å². The van der Waals surface area contributed by atoms with Crippen LogP contribution in [0.2, 0.25) is 0 Å². The zero-order chi connectivity index (χ0) is 20.9. The van der Waals surface area contributed by atoms with Crippen LogP contribution in [-0.2, 0) is 32.6 Å². The van der Waals surface area contributed by atoms with Crippen LogP contribution >= 0.6 is 0 Å². The molecule has 3 rings (SSSR count). The summed E-state index contributed by atoms with van der Waals surface area (Å²) in [6.07, 6.45) is 2.22. The fraction of sp³-hybridized carbons (Fsp3) is 0.333. The first kappa shape index (κ1) is 21.0. The maximum atomic E-state index is 13.7. The van der Waals surface area contributed by atoms with E-state index >= 15 is 0 Å². The first-order valence-corrected chi connectivity index (χ1v) is 10.8. The number of nitrogens with zero attached hydrogens (tertiary/aromatic N) is 2. The van der Waals surface area contributed by atoms with Crippen LogP contribution in [-0.4, -0.2) is 31.8 Å². The number of carbonyl (C=O) groups is 1. The number of aryl methyl sites for hydroxylation is 1. The molecule has 0 bridgehead atoms. The molecule has 0 spiro atoms. The highest BCUT2D eigenvalue weighted by Gasteiger charge is 2.26. The van der Waals surface area contributed by atoms with E-state index in [4.69, 9.17) is 10.00 Å². The summed E-state index contributed by atoms with van der Waals surface area (Å²) in [6.45, 7) is 0.856. The summed E-state index contributed by atoms with van der Waals surface area (Å²) in [7, 11) is -3.45. The third-order valence-electron chi connectivity index (χ3n) is 4.81. The zero-order valence-electron chi connectivity index (χ0n) is 15.8. The lowest BCUT2D eigenvalue weighted by Gasteiger charge is -2.15. The Hall–Kier alpha value is -2.76. The largest absolute Gasteiger partial charge is 0.461 e. The maximum Gasteiger partial charge on any atom is 0.306 e. The lowest BCUT2D eigenvalue weighted by Crippen LogP contribution is -2.27. The number of halogens is 1. The number of ether oxygens (including phenoxy) is 1. The van der Waals surface area contributed by atoms with E-state index in [0.29, 0.717) is 25.1 Å². The van der Waals surface area contributed by atoms with Crippen molar-refractivity contribution >= 4 is 16.0 Å². The van der Waals surface area contributed by atoms with E-state index in [1.54, 1.807) is 24.3 Å². The number of hydrogen-bond acceptors (Lipinski definition) is 5. The molecule has 0 aliphatic carbocycles. The highest BCUT2D eigenvalue weighted by Crippen LogP contribution is 2.21. The van der Waals surface area contributed by atoms with Gasteiger partial charge in [0.1, 0.15) is 12.4 Å². The summed E-state index contributed by atoms with van der Waals surface area (Å²) >= 11 is 0. The fourth-order valence-corrected chi connectivity index (χ4v) is 4.65. The minimum absolute atomic E-state index is 0.0811. The number of nitriles is 1. The Labute approximate surface area is 169 Å². The zero-order valence-corrected chi connectivity index (χ0v) is 16.6. The van der Waals surface area contributed by atoms with Crippen LogP contribution < -0.4 is 0 Å². The molecule has 8 heteroatoms. The highest BCUT2D eigenvalue weighted by molar-refractivity contribution is 7.89. The first-order valence-electron chi connectivity index (χ1n) is 9.33. The molecule has 0 saturated carbocycles. The monoisotopic (exact) mass is 416 g/mol. The summed E-state index contributed by atoms with van der Waals surface area (Å²) in [6, 6.07) is 12.3. The molecule has 1 aliphatic heterocycles. The van der Waals surface area contributed by atoms with Crippen LogP contribution in [0.1, 0.15) is 36.0 Å². The van der Waals surface area contributed by atoms with Crippen LogP contribution in [0.4, 0.5) is 4.39 Å². The van der Waals surface area contributed by atoms with Gasteiger partial charge in [0.2, 0.25) is 10.0 Å². The average Bonchev–Trinajstić information content (AvgIpc) is 3.28. The summed E-state index contributed by atoms with van der Waals surface area (Å²) in [5.74, 6) is -1.04. The topological polar surface area (TPSA) is 87.5 Å². The third-order valence-corrected chi connectivity index (χ3v) is 6.72. The van der Waals surface area contributed by atoms with E-state index in [-0.39, 0.29) is 23.5 Å². The van der Waals surface area contributed by atoms with Crippen molar-refractivity contribution in [3.05, 3.63) is 65.0 Å². The van der Waals surface area contributed by atoms with Gasteiger partial charge in [0, 0.05) is 25.1 Å². The SMILES string of the molecule is N#Cc1ccc(F)c(COC(=O)CCc2ccc(S(=O)(=O)N3CCCC3)cc2)c1. The van der Waals surface area contributed by atoms with Crippen molar-refractivity contribution in [1.82, 2.24) is 4.31 Å². The Kier molecular flexibility index (Phi) is 6.62. The van der Waals surface area contributed by atoms with Crippen LogP contribution in [0.3, 0.4) is 0 Å². The van der Waals surface area contributed by atoms with Gasteiger partial charge in [0.15, 0.2) is 0 Å². The van der Waals surface area contributed by atoms with E-state index in [1.165, 1.54) is 22.5 Å². The van der Waals surface area contributed by atoms with Crippen LogP contribution in [0.25, 0.3) is 0 Å². The van der Waals surface area contributed by atoms with E-state index < -0.39 is 21.8 Å². The number of carbonyl (C=O) groups excluding carboxylic acids is 1. The molecule has 1 fully saturated rings. The Balaban J connectivity index is 1.52. The molecule has 6 nitrogen and oxygen atoms in total. The second-order valence-corrected chi connectivity index (χ2v) is 8.77. The minimum atomic E-state index is -3.45. The number of sulfonamides is 1. The molecule has 1 aliphatic rings. The molecule has 1 heterocycles. The number of benzene rings is 2. The standard InChI is InChI=1S/C21H21FN2O4S/c22-20-9-5-17(14-23)13-18(20)15-28-21(25)10-6-16-3-7-19(8-4-16)29(26,27)24-11-1-2-12-24/h3-5,7-9,13H,1-2,6,10-12,15H2. The second-order valence-electron chi connectivity index (χ2n) is 6.83. The summed E-state index contributed by atoms with van der Waals surface area (Å²) < 4.78 is 45.3. The predicted molar refractivity (Wildman–Crippen MR) is 104 cm³/mol.